The fourth-order valence-corrected chi connectivity index (χ4v) is 1.73. The maximum atomic E-state index is 11.7. The lowest BCUT2D eigenvalue weighted by Crippen LogP contribution is -2.32. The number of carbonyl (C=O) groups excluding carboxylic acids is 1. The topological polar surface area (TPSA) is 82.2 Å². The Labute approximate surface area is 93.8 Å². The number of aryl methyl sites for hydroxylation is 1. The standard InChI is InChI=1S/C10H16N4O2/c1-14-9(11)8(6-13-14)10(15)12-5-7-3-2-4-16-7/h6-7H,2-5,11H2,1H3,(H,12,15). The highest BCUT2D eigenvalue weighted by Crippen LogP contribution is 2.12. The van der Waals surface area contributed by atoms with Gasteiger partial charge in [0.05, 0.1) is 12.3 Å². The molecule has 1 aromatic rings. The number of hydrogen-bond donors (Lipinski definition) is 2. The normalized spacial score (nSPS) is 19.9. The number of aromatic nitrogens is 2. The van der Waals surface area contributed by atoms with Crippen molar-refractivity contribution in [2.45, 2.75) is 18.9 Å². The van der Waals surface area contributed by atoms with Crippen molar-refractivity contribution < 1.29 is 9.53 Å². The van der Waals surface area contributed by atoms with E-state index in [-0.39, 0.29) is 12.0 Å². The Hall–Kier alpha value is -1.56. The highest BCUT2D eigenvalue weighted by molar-refractivity contribution is 5.98. The molecule has 1 atom stereocenters. The molecule has 2 rings (SSSR count). The van der Waals surface area contributed by atoms with Crippen molar-refractivity contribution in [3.63, 3.8) is 0 Å². The minimum absolute atomic E-state index is 0.141. The summed E-state index contributed by atoms with van der Waals surface area (Å²) in [5.41, 5.74) is 6.11. The van der Waals surface area contributed by atoms with E-state index in [4.69, 9.17) is 10.5 Å². The number of nitrogens with zero attached hydrogens (tertiary/aromatic N) is 2. The number of rotatable bonds is 3. The van der Waals surface area contributed by atoms with E-state index in [1.165, 1.54) is 10.9 Å². The van der Waals surface area contributed by atoms with Crippen LogP contribution in [0.3, 0.4) is 0 Å². The molecule has 16 heavy (non-hydrogen) atoms. The van der Waals surface area contributed by atoms with Crippen LogP contribution < -0.4 is 11.1 Å². The van der Waals surface area contributed by atoms with Crippen molar-refractivity contribution in [3.05, 3.63) is 11.8 Å². The lowest BCUT2D eigenvalue weighted by atomic mass is 10.2. The average Bonchev–Trinajstić information content (AvgIpc) is 2.88. The monoisotopic (exact) mass is 224 g/mol. The molecule has 0 spiro atoms. The number of nitrogens with one attached hydrogen (secondary N) is 1. The minimum Gasteiger partial charge on any atom is -0.383 e. The average molecular weight is 224 g/mol. The van der Waals surface area contributed by atoms with Crippen molar-refractivity contribution in [2.24, 2.45) is 7.05 Å². The van der Waals surface area contributed by atoms with E-state index in [2.05, 4.69) is 10.4 Å². The zero-order valence-electron chi connectivity index (χ0n) is 9.27. The second-order valence-corrected chi connectivity index (χ2v) is 3.91. The molecule has 1 saturated heterocycles. The number of anilines is 1. The summed E-state index contributed by atoms with van der Waals surface area (Å²) >= 11 is 0. The highest BCUT2D eigenvalue weighted by atomic mass is 16.5. The van der Waals surface area contributed by atoms with Crippen LogP contribution in [0.5, 0.6) is 0 Å². The van der Waals surface area contributed by atoms with Gasteiger partial charge in [0, 0.05) is 20.2 Å². The summed E-state index contributed by atoms with van der Waals surface area (Å²) in [7, 11) is 1.70. The Morgan fingerprint density at radius 3 is 3.19 bits per heavy atom. The molecular formula is C10H16N4O2. The van der Waals surface area contributed by atoms with Crippen molar-refractivity contribution in [2.75, 3.05) is 18.9 Å². The van der Waals surface area contributed by atoms with Gasteiger partial charge in [-0.3, -0.25) is 9.48 Å². The van der Waals surface area contributed by atoms with Gasteiger partial charge in [-0.15, -0.1) is 0 Å². The van der Waals surface area contributed by atoms with E-state index >= 15 is 0 Å². The zero-order valence-corrected chi connectivity index (χ0v) is 9.27. The Bertz CT molecular complexity index is 382. The number of nitrogen functional groups attached to an aromatic ring is 1. The van der Waals surface area contributed by atoms with Gasteiger partial charge >= 0.3 is 0 Å². The fourth-order valence-electron chi connectivity index (χ4n) is 1.73. The Morgan fingerprint density at radius 1 is 1.81 bits per heavy atom. The molecule has 0 saturated carbocycles. The molecule has 0 aliphatic carbocycles. The van der Waals surface area contributed by atoms with E-state index in [1.807, 2.05) is 0 Å². The molecule has 88 valence electrons. The number of ether oxygens (including phenoxy) is 1. The number of amides is 1. The van der Waals surface area contributed by atoms with Gasteiger partial charge in [-0.25, -0.2) is 0 Å². The lowest BCUT2D eigenvalue weighted by molar-refractivity contribution is 0.0858. The van der Waals surface area contributed by atoms with Gasteiger partial charge in [0.25, 0.3) is 5.91 Å². The second-order valence-electron chi connectivity index (χ2n) is 3.91. The maximum Gasteiger partial charge on any atom is 0.256 e. The molecule has 6 heteroatoms. The van der Waals surface area contributed by atoms with Crippen LogP contribution in [0, 0.1) is 0 Å². The number of carbonyl (C=O) groups is 1. The van der Waals surface area contributed by atoms with Crippen LogP contribution in [0.1, 0.15) is 23.2 Å². The van der Waals surface area contributed by atoms with Crippen LogP contribution in [0.4, 0.5) is 5.82 Å². The van der Waals surface area contributed by atoms with E-state index in [0.29, 0.717) is 17.9 Å². The van der Waals surface area contributed by atoms with Crippen molar-refractivity contribution in [1.29, 1.82) is 0 Å². The molecule has 0 radical (unpaired) electrons. The Morgan fingerprint density at radius 2 is 2.62 bits per heavy atom. The number of hydrogen-bond acceptors (Lipinski definition) is 4. The molecule has 3 N–H and O–H groups in total. The van der Waals surface area contributed by atoms with Crippen LogP contribution in [-0.2, 0) is 11.8 Å². The first kappa shape index (κ1) is 10.9. The minimum atomic E-state index is -0.193. The summed E-state index contributed by atoms with van der Waals surface area (Å²) < 4.78 is 6.88. The molecule has 2 heterocycles. The summed E-state index contributed by atoms with van der Waals surface area (Å²) in [6.07, 6.45) is 3.68. The lowest BCUT2D eigenvalue weighted by Gasteiger charge is -2.10. The van der Waals surface area contributed by atoms with Gasteiger partial charge in [0.15, 0.2) is 0 Å². The zero-order chi connectivity index (χ0) is 11.5. The van der Waals surface area contributed by atoms with Crippen molar-refractivity contribution in [1.82, 2.24) is 15.1 Å². The first-order chi connectivity index (χ1) is 7.68. The quantitative estimate of drug-likeness (QED) is 0.751. The molecule has 1 fully saturated rings. The molecule has 1 amide bonds. The second kappa shape index (κ2) is 4.52. The largest absolute Gasteiger partial charge is 0.383 e. The summed E-state index contributed by atoms with van der Waals surface area (Å²) in [5, 5.41) is 6.71. The molecule has 0 bridgehead atoms. The van der Waals surface area contributed by atoms with Crippen LogP contribution >= 0.6 is 0 Å². The third-order valence-corrected chi connectivity index (χ3v) is 2.74. The Kier molecular flexibility index (Phi) is 3.09. The summed E-state index contributed by atoms with van der Waals surface area (Å²) in [6, 6.07) is 0. The smallest absolute Gasteiger partial charge is 0.256 e. The SMILES string of the molecule is Cn1ncc(C(=O)NCC2CCCO2)c1N. The van der Waals surface area contributed by atoms with Crippen LogP contribution in [-0.4, -0.2) is 34.9 Å². The van der Waals surface area contributed by atoms with Crippen molar-refractivity contribution >= 4 is 11.7 Å². The van der Waals surface area contributed by atoms with Crippen LogP contribution in [0.2, 0.25) is 0 Å². The van der Waals surface area contributed by atoms with E-state index in [1.54, 1.807) is 7.05 Å². The third-order valence-electron chi connectivity index (χ3n) is 2.74. The molecule has 1 unspecified atom stereocenters. The highest BCUT2D eigenvalue weighted by Gasteiger charge is 2.18. The first-order valence-corrected chi connectivity index (χ1v) is 5.35. The van der Waals surface area contributed by atoms with Gasteiger partial charge in [-0.1, -0.05) is 0 Å². The van der Waals surface area contributed by atoms with Gasteiger partial charge in [0.1, 0.15) is 11.4 Å². The molecule has 6 nitrogen and oxygen atoms in total. The molecule has 0 aromatic carbocycles. The Balaban J connectivity index is 1.90. The van der Waals surface area contributed by atoms with Gasteiger partial charge in [0.2, 0.25) is 0 Å². The summed E-state index contributed by atoms with van der Waals surface area (Å²) in [4.78, 5) is 11.7. The fraction of sp³-hybridized carbons (Fsp3) is 0.600. The number of nitrogens with two attached hydrogens (primary N) is 1. The van der Waals surface area contributed by atoms with Gasteiger partial charge in [-0.05, 0) is 12.8 Å². The maximum absolute atomic E-state index is 11.7. The molecule has 1 aliphatic rings. The first-order valence-electron chi connectivity index (χ1n) is 5.35. The summed E-state index contributed by atoms with van der Waals surface area (Å²) in [5.74, 6) is 0.186. The van der Waals surface area contributed by atoms with Gasteiger partial charge in [-0.2, -0.15) is 5.10 Å². The van der Waals surface area contributed by atoms with Crippen LogP contribution in [0.25, 0.3) is 0 Å². The molecule has 1 aliphatic heterocycles. The summed E-state index contributed by atoms with van der Waals surface area (Å²) in [6.45, 7) is 1.32. The predicted molar refractivity (Wildman–Crippen MR) is 58.9 cm³/mol. The van der Waals surface area contributed by atoms with Crippen LogP contribution in [0.15, 0.2) is 6.20 Å². The van der Waals surface area contributed by atoms with E-state index in [0.717, 1.165) is 19.4 Å². The van der Waals surface area contributed by atoms with E-state index < -0.39 is 0 Å². The van der Waals surface area contributed by atoms with Gasteiger partial charge < -0.3 is 15.8 Å². The molecule has 1 aromatic heterocycles. The van der Waals surface area contributed by atoms with E-state index in [9.17, 15) is 4.79 Å². The molecular weight excluding hydrogens is 208 g/mol. The third kappa shape index (κ3) is 2.16. The predicted octanol–water partition coefficient (Wildman–Crippen LogP) is -0.0889. The van der Waals surface area contributed by atoms with Crippen molar-refractivity contribution in [3.8, 4) is 0 Å².